The molecule has 1 amide bonds. The van der Waals surface area contributed by atoms with Gasteiger partial charge in [-0.1, -0.05) is 23.7 Å². The van der Waals surface area contributed by atoms with Crippen LogP contribution in [0.2, 0.25) is 5.02 Å². The molecule has 24 heavy (non-hydrogen) atoms. The van der Waals surface area contributed by atoms with Crippen LogP contribution in [0.25, 0.3) is 0 Å². The van der Waals surface area contributed by atoms with Crippen LogP contribution in [0.3, 0.4) is 0 Å². The molecule has 0 bridgehead atoms. The Morgan fingerprint density at radius 2 is 1.96 bits per heavy atom. The Balaban J connectivity index is 1.79. The van der Waals surface area contributed by atoms with Crippen LogP contribution in [0.1, 0.15) is 21.6 Å². The number of benzene rings is 1. The molecule has 0 aliphatic heterocycles. The van der Waals surface area contributed by atoms with E-state index < -0.39 is 11.5 Å². The van der Waals surface area contributed by atoms with Gasteiger partial charge in [-0.2, -0.15) is 5.10 Å². The number of aromatic nitrogens is 3. The van der Waals surface area contributed by atoms with E-state index in [4.69, 9.17) is 11.6 Å². The number of aromatic amines is 1. The maximum absolute atomic E-state index is 12.3. The number of carbonyl (C=O) groups excluding carboxylic acids is 1. The molecule has 0 fully saturated rings. The number of hydrogen-bond donors (Lipinski definition) is 2. The molecular weight excluding hydrogens is 328 g/mol. The van der Waals surface area contributed by atoms with Crippen LogP contribution in [0.5, 0.6) is 0 Å². The van der Waals surface area contributed by atoms with E-state index in [9.17, 15) is 9.59 Å². The molecule has 0 atom stereocenters. The summed E-state index contributed by atoms with van der Waals surface area (Å²) in [5, 5.41) is 7.57. The first kappa shape index (κ1) is 16.0. The molecule has 0 aliphatic rings. The Hall–Kier alpha value is -2.86. The van der Waals surface area contributed by atoms with Crippen molar-refractivity contribution in [1.82, 2.24) is 14.8 Å². The van der Waals surface area contributed by atoms with Gasteiger partial charge in [-0.25, -0.2) is 4.68 Å². The topological polar surface area (TPSA) is 79.8 Å². The summed E-state index contributed by atoms with van der Waals surface area (Å²) < 4.78 is 1.64. The fourth-order valence-electron chi connectivity index (χ4n) is 2.26. The third kappa shape index (κ3) is 3.55. The van der Waals surface area contributed by atoms with Crippen molar-refractivity contribution in [1.29, 1.82) is 0 Å². The average molecular weight is 343 g/mol. The van der Waals surface area contributed by atoms with Crippen LogP contribution in [-0.4, -0.2) is 20.7 Å². The number of rotatable bonds is 4. The molecule has 0 radical (unpaired) electrons. The molecule has 0 unspecified atom stereocenters. The molecule has 0 saturated heterocycles. The Morgan fingerprint density at radius 3 is 2.67 bits per heavy atom. The summed E-state index contributed by atoms with van der Waals surface area (Å²) in [6.45, 7) is 2.23. The third-order valence-electron chi connectivity index (χ3n) is 3.50. The number of halogens is 1. The summed E-state index contributed by atoms with van der Waals surface area (Å²) in [5.41, 5.74) is 1.33. The molecule has 0 spiro atoms. The lowest BCUT2D eigenvalue weighted by Gasteiger charge is -2.09. The fourth-order valence-corrected chi connectivity index (χ4v) is 2.39. The number of aryl methyl sites for hydroxylation is 1. The summed E-state index contributed by atoms with van der Waals surface area (Å²) in [4.78, 5) is 26.8. The number of carbonyl (C=O) groups is 1. The van der Waals surface area contributed by atoms with Gasteiger partial charge in [0.15, 0.2) is 0 Å². The second kappa shape index (κ2) is 6.72. The average Bonchev–Trinajstić information content (AvgIpc) is 2.96. The van der Waals surface area contributed by atoms with Crippen LogP contribution in [0.4, 0.5) is 5.82 Å². The van der Waals surface area contributed by atoms with Gasteiger partial charge < -0.3 is 10.3 Å². The number of nitrogens with one attached hydrogen (secondary N) is 2. The molecule has 2 N–H and O–H groups in total. The zero-order chi connectivity index (χ0) is 17.1. The predicted molar refractivity (Wildman–Crippen MR) is 92.5 cm³/mol. The third-order valence-corrected chi connectivity index (χ3v) is 3.76. The van der Waals surface area contributed by atoms with Gasteiger partial charge in [0.05, 0.1) is 12.7 Å². The van der Waals surface area contributed by atoms with E-state index in [-0.39, 0.29) is 5.56 Å². The van der Waals surface area contributed by atoms with Crippen LogP contribution in [-0.2, 0) is 6.54 Å². The van der Waals surface area contributed by atoms with Crippen molar-refractivity contribution < 1.29 is 4.79 Å². The molecule has 0 aliphatic carbocycles. The first-order valence-corrected chi connectivity index (χ1v) is 7.68. The Kier molecular flexibility index (Phi) is 4.48. The second-order valence-electron chi connectivity index (χ2n) is 5.34. The smallest absolute Gasteiger partial charge is 0.262 e. The molecule has 122 valence electrons. The van der Waals surface area contributed by atoms with E-state index in [1.165, 1.54) is 6.07 Å². The summed E-state index contributed by atoms with van der Waals surface area (Å²) in [6, 6.07) is 12.2. The first-order chi connectivity index (χ1) is 11.5. The highest BCUT2D eigenvalue weighted by molar-refractivity contribution is 6.30. The largest absolute Gasteiger partial charge is 0.326 e. The van der Waals surface area contributed by atoms with Crippen molar-refractivity contribution in [2.75, 3.05) is 5.32 Å². The van der Waals surface area contributed by atoms with Gasteiger partial charge in [-0.15, -0.1) is 0 Å². The highest BCUT2D eigenvalue weighted by atomic mass is 35.5. The van der Waals surface area contributed by atoms with E-state index in [0.717, 1.165) is 5.56 Å². The van der Waals surface area contributed by atoms with Crippen LogP contribution >= 0.6 is 11.6 Å². The predicted octanol–water partition coefficient (Wildman–Crippen LogP) is 2.83. The molecule has 3 rings (SSSR count). The van der Waals surface area contributed by atoms with Crippen molar-refractivity contribution in [3.8, 4) is 0 Å². The van der Waals surface area contributed by atoms with Gasteiger partial charge in [-0.3, -0.25) is 9.59 Å². The standard InChI is InChI=1S/C17H15ClN4O2/c1-11-2-7-14(16(23)20-11)17(24)21-15-8-9-19-22(15)10-12-3-5-13(18)6-4-12/h2-9H,10H2,1H3,(H,20,23)(H,21,24). The normalized spacial score (nSPS) is 10.6. The van der Waals surface area contributed by atoms with Crippen LogP contribution in [0, 0.1) is 6.92 Å². The second-order valence-corrected chi connectivity index (χ2v) is 5.78. The Bertz CT molecular complexity index is 928. The summed E-state index contributed by atoms with van der Waals surface area (Å²) >= 11 is 5.88. The number of H-pyrrole nitrogens is 1. The number of hydrogen-bond acceptors (Lipinski definition) is 3. The van der Waals surface area contributed by atoms with Gasteiger partial charge in [-0.05, 0) is 36.8 Å². The van der Waals surface area contributed by atoms with Crippen LogP contribution in [0.15, 0.2) is 53.5 Å². The highest BCUT2D eigenvalue weighted by Crippen LogP contribution is 2.14. The summed E-state index contributed by atoms with van der Waals surface area (Å²) in [7, 11) is 0. The molecule has 6 nitrogen and oxygen atoms in total. The first-order valence-electron chi connectivity index (χ1n) is 7.30. The van der Waals surface area contributed by atoms with Crippen molar-refractivity contribution >= 4 is 23.3 Å². The minimum atomic E-state index is -0.478. The summed E-state index contributed by atoms with van der Waals surface area (Å²) in [6.07, 6.45) is 1.59. The van der Waals surface area contributed by atoms with E-state index in [1.807, 2.05) is 12.1 Å². The number of amides is 1. The quantitative estimate of drug-likeness (QED) is 0.765. The molecule has 2 aromatic heterocycles. The number of anilines is 1. The highest BCUT2D eigenvalue weighted by Gasteiger charge is 2.13. The van der Waals surface area contributed by atoms with Gasteiger partial charge in [0, 0.05) is 16.8 Å². The lowest BCUT2D eigenvalue weighted by atomic mass is 10.2. The number of nitrogens with zero attached hydrogens (tertiary/aromatic N) is 2. The van der Waals surface area contributed by atoms with Crippen molar-refractivity contribution in [2.45, 2.75) is 13.5 Å². The maximum atomic E-state index is 12.3. The van der Waals surface area contributed by atoms with E-state index in [2.05, 4.69) is 15.4 Å². The minimum Gasteiger partial charge on any atom is -0.326 e. The molecule has 3 aromatic rings. The zero-order valence-electron chi connectivity index (χ0n) is 12.9. The monoisotopic (exact) mass is 342 g/mol. The lowest BCUT2D eigenvalue weighted by Crippen LogP contribution is -2.24. The lowest BCUT2D eigenvalue weighted by molar-refractivity contribution is 0.102. The van der Waals surface area contributed by atoms with Crippen molar-refractivity contribution in [3.63, 3.8) is 0 Å². The van der Waals surface area contributed by atoms with Gasteiger partial charge in [0.2, 0.25) is 0 Å². The number of pyridine rings is 1. The Morgan fingerprint density at radius 1 is 1.21 bits per heavy atom. The SMILES string of the molecule is Cc1ccc(C(=O)Nc2ccnn2Cc2ccc(Cl)cc2)c(=O)[nH]1. The maximum Gasteiger partial charge on any atom is 0.262 e. The van der Waals surface area contributed by atoms with Gasteiger partial charge in [0.1, 0.15) is 11.4 Å². The molecule has 0 saturated carbocycles. The van der Waals surface area contributed by atoms with Crippen molar-refractivity contribution in [3.05, 3.63) is 80.9 Å². The zero-order valence-corrected chi connectivity index (χ0v) is 13.7. The van der Waals surface area contributed by atoms with E-state index >= 15 is 0 Å². The molecule has 1 aromatic carbocycles. The minimum absolute atomic E-state index is 0.0554. The van der Waals surface area contributed by atoms with E-state index in [1.54, 1.807) is 42.1 Å². The molecule has 7 heteroatoms. The van der Waals surface area contributed by atoms with Crippen LogP contribution < -0.4 is 10.9 Å². The van der Waals surface area contributed by atoms with Gasteiger partial charge >= 0.3 is 0 Å². The Labute approximate surface area is 143 Å². The summed E-state index contributed by atoms with van der Waals surface area (Å²) in [5.74, 6) is 0.0315. The van der Waals surface area contributed by atoms with E-state index in [0.29, 0.717) is 23.1 Å². The van der Waals surface area contributed by atoms with Crippen molar-refractivity contribution in [2.24, 2.45) is 0 Å². The molecule has 2 heterocycles. The molecular formula is C17H15ClN4O2. The van der Waals surface area contributed by atoms with Gasteiger partial charge in [0.25, 0.3) is 11.5 Å². The fraction of sp³-hybridized carbons (Fsp3) is 0.118.